The number of rotatable bonds is 3. The molecule has 0 amide bonds. The van der Waals surface area contributed by atoms with Gasteiger partial charge in [-0.2, -0.15) is 0 Å². The summed E-state index contributed by atoms with van der Waals surface area (Å²) in [5, 5.41) is 5.23. The molecule has 0 heterocycles. The molecule has 108 valence electrons. The Morgan fingerprint density at radius 3 is 1.95 bits per heavy atom. The van der Waals surface area contributed by atoms with Crippen molar-refractivity contribution in [3.63, 3.8) is 0 Å². The molecule has 4 rings (SSSR count). The van der Waals surface area contributed by atoms with Gasteiger partial charge in [0.05, 0.1) is 0 Å². The van der Waals surface area contributed by atoms with Gasteiger partial charge in [0.1, 0.15) is 0 Å². The Labute approximate surface area is 131 Å². The maximum atomic E-state index is 6.57. The van der Waals surface area contributed by atoms with E-state index in [-0.39, 0.29) is 18.4 Å². The third-order valence-electron chi connectivity index (χ3n) is 4.47. The standard InChI is InChI=1S/C19H19N.ClH/c20-18(11-13-9-10-13)19-16-7-3-1-5-14(16)12-15-6-2-4-8-17(15)19;/h1-8,12-13,18H,9-11,20H2;1H/t18-;/m0./s1. The van der Waals surface area contributed by atoms with Crippen LogP contribution in [0.2, 0.25) is 0 Å². The van der Waals surface area contributed by atoms with Gasteiger partial charge < -0.3 is 5.73 Å². The van der Waals surface area contributed by atoms with Gasteiger partial charge in [0, 0.05) is 6.04 Å². The molecule has 3 aromatic rings. The van der Waals surface area contributed by atoms with Gasteiger partial charge in [-0.3, -0.25) is 0 Å². The molecular formula is C19H20ClN. The molecule has 0 unspecified atom stereocenters. The lowest BCUT2D eigenvalue weighted by molar-refractivity contribution is 0.603. The van der Waals surface area contributed by atoms with E-state index < -0.39 is 0 Å². The lowest BCUT2D eigenvalue weighted by Gasteiger charge is -2.18. The van der Waals surface area contributed by atoms with Crippen molar-refractivity contribution >= 4 is 34.0 Å². The van der Waals surface area contributed by atoms with Crippen LogP contribution in [0, 0.1) is 5.92 Å². The molecule has 0 radical (unpaired) electrons. The fraction of sp³-hybridized carbons (Fsp3) is 0.263. The zero-order valence-corrected chi connectivity index (χ0v) is 12.8. The van der Waals surface area contributed by atoms with E-state index in [4.69, 9.17) is 5.73 Å². The zero-order valence-electron chi connectivity index (χ0n) is 12.0. The molecule has 0 aliphatic heterocycles. The van der Waals surface area contributed by atoms with Crippen molar-refractivity contribution in [1.82, 2.24) is 0 Å². The molecule has 0 aromatic heterocycles. The van der Waals surface area contributed by atoms with Crippen molar-refractivity contribution < 1.29 is 0 Å². The highest BCUT2D eigenvalue weighted by molar-refractivity contribution is 6.02. The lowest BCUT2D eigenvalue weighted by Crippen LogP contribution is -2.12. The fourth-order valence-electron chi connectivity index (χ4n) is 3.28. The van der Waals surface area contributed by atoms with Gasteiger partial charge in [-0.05, 0) is 45.5 Å². The van der Waals surface area contributed by atoms with Gasteiger partial charge in [0.2, 0.25) is 0 Å². The predicted molar refractivity (Wildman–Crippen MR) is 93.0 cm³/mol. The summed E-state index contributed by atoms with van der Waals surface area (Å²) in [7, 11) is 0. The minimum Gasteiger partial charge on any atom is -0.324 e. The Morgan fingerprint density at radius 2 is 1.43 bits per heavy atom. The summed E-state index contributed by atoms with van der Waals surface area (Å²) in [6.45, 7) is 0. The fourth-order valence-corrected chi connectivity index (χ4v) is 3.28. The number of nitrogens with two attached hydrogens (primary N) is 1. The first-order chi connectivity index (χ1) is 9.83. The molecule has 1 atom stereocenters. The molecule has 2 N–H and O–H groups in total. The quantitative estimate of drug-likeness (QED) is 0.659. The van der Waals surface area contributed by atoms with E-state index >= 15 is 0 Å². The number of benzene rings is 3. The van der Waals surface area contributed by atoms with Crippen LogP contribution in [0.4, 0.5) is 0 Å². The van der Waals surface area contributed by atoms with E-state index in [1.807, 2.05) is 0 Å². The first kappa shape index (κ1) is 14.4. The highest BCUT2D eigenvalue weighted by Crippen LogP contribution is 2.40. The molecular weight excluding hydrogens is 278 g/mol. The van der Waals surface area contributed by atoms with E-state index in [1.54, 1.807) is 0 Å². The maximum Gasteiger partial charge on any atom is 0.0309 e. The van der Waals surface area contributed by atoms with Crippen molar-refractivity contribution in [3.8, 4) is 0 Å². The van der Waals surface area contributed by atoms with E-state index in [9.17, 15) is 0 Å². The predicted octanol–water partition coefficient (Wildman–Crippen LogP) is 5.21. The van der Waals surface area contributed by atoms with Crippen LogP contribution >= 0.6 is 12.4 Å². The molecule has 0 saturated heterocycles. The normalized spacial score (nSPS) is 15.9. The van der Waals surface area contributed by atoms with E-state index in [2.05, 4.69) is 54.6 Å². The van der Waals surface area contributed by atoms with Crippen LogP contribution < -0.4 is 5.73 Å². The first-order valence-corrected chi connectivity index (χ1v) is 7.49. The smallest absolute Gasteiger partial charge is 0.0309 e. The van der Waals surface area contributed by atoms with Crippen molar-refractivity contribution in [2.45, 2.75) is 25.3 Å². The lowest BCUT2D eigenvalue weighted by atomic mass is 9.90. The van der Waals surface area contributed by atoms with Crippen molar-refractivity contribution in [3.05, 3.63) is 60.2 Å². The van der Waals surface area contributed by atoms with Crippen LogP contribution in [0.25, 0.3) is 21.5 Å². The first-order valence-electron chi connectivity index (χ1n) is 7.49. The summed E-state index contributed by atoms with van der Waals surface area (Å²) in [6.07, 6.45) is 3.84. The molecule has 3 aromatic carbocycles. The Morgan fingerprint density at radius 1 is 0.905 bits per heavy atom. The molecule has 1 aliphatic rings. The zero-order chi connectivity index (χ0) is 13.5. The maximum absolute atomic E-state index is 6.57. The van der Waals surface area contributed by atoms with Crippen molar-refractivity contribution in [2.24, 2.45) is 11.7 Å². The topological polar surface area (TPSA) is 26.0 Å². The van der Waals surface area contributed by atoms with Gasteiger partial charge in [0.15, 0.2) is 0 Å². The summed E-state index contributed by atoms with van der Waals surface area (Å²) in [6, 6.07) is 19.7. The minimum atomic E-state index is 0. The summed E-state index contributed by atoms with van der Waals surface area (Å²) < 4.78 is 0. The Hall–Kier alpha value is -1.57. The molecule has 21 heavy (non-hydrogen) atoms. The Bertz CT molecular complexity index is 723. The van der Waals surface area contributed by atoms with Gasteiger partial charge in [-0.25, -0.2) is 0 Å². The van der Waals surface area contributed by atoms with E-state index in [0.29, 0.717) is 0 Å². The van der Waals surface area contributed by atoms with E-state index in [1.165, 1.54) is 39.9 Å². The Kier molecular flexibility index (Phi) is 3.88. The highest BCUT2D eigenvalue weighted by atomic mass is 35.5. The Balaban J connectivity index is 0.00000132. The molecule has 0 bridgehead atoms. The summed E-state index contributed by atoms with van der Waals surface area (Å²) in [4.78, 5) is 0. The van der Waals surface area contributed by atoms with Crippen LogP contribution in [-0.4, -0.2) is 0 Å². The summed E-state index contributed by atoms with van der Waals surface area (Å²) in [5.41, 5.74) is 7.91. The van der Waals surface area contributed by atoms with Gasteiger partial charge in [-0.1, -0.05) is 61.4 Å². The third kappa shape index (κ3) is 2.64. The van der Waals surface area contributed by atoms with Gasteiger partial charge in [0.25, 0.3) is 0 Å². The third-order valence-corrected chi connectivity index (χ3v) is 4.47. The molecule has 1 saturated carbocycles. The average molecular weight is 298 g/mol. The molecule has 1 nitrogen and oxygen atoms in total. The highest BCUT2D eigenvalue weighted by Gasteiger charge is 2.26. The molecule has 0 spiro atoms. The van der Waals surface area contributed by atoms with Crippen LogP contribution in [0.1, 0.15) is 30.9 Å². The number of fused-ring (bicyclic) bond motifs is 2. The largest absolute Gasteiger partial charge is 0.324 e. The van der Waals surface area contributed by atoms with Crippen molar-refractivity contribution in [1.29, 1.82) is 0 Å². The van der Waals surface area contributed by atoms with E-state index in [0.717, 1.165) is 12.3 Å². The SMILES string of the molecule is Cl.N[C@@H](CC1CC1)c1c2ccccc2cc2ccccc12. The summed E-state index contributed by atoms with van der Waals surface area (Å²) >= 11 is 0. The number of halogens is 1. The minimum absolute atomic E-state index is 0. The second kappa shape index (κ2) is 5.67. The van der Waals surface area contributed by atoms with Crippen molar-refractivity contribution in [2.75, 3.05) is 0 Å². The monoisotopic (exact) mass is 297 g/mol. The van der Waals surface area contributed by atoms with Crippen LogP contribution in [-0.2, 0) is 0 Å². The molecule has 1 aliphatic carbocycles. The average Bonchev–Trinajstić information content (AvgIpc) is 3.28. The van der Waals surface area contributed by atoms with Gasteiger partial charge >= 0.3 is 0 Å². The number of hydrogen-bond acceptors (Lipinski definition) is 1. The molecule has 2 heteroatoms. The van der Waals surface area contributed by atoms with Crippen LogP contribution in [0.5, 0.6) is 0 Å². The van der Waals surface area contributed by atoms with Crippen LogP contribution in [0.3, 0.4) is 0 Å². The van der Waals surface area contributed by atoms with Gasteiger partial charge in [-0.15, -0.1) is 12.4 Å². The number of hydrogen-bond donors (Lipinski definition) is 1. The molecule has 1 fully saturated rings. The second-order valence-electron chi connectivity index (χ2n) is 6.02. The second-order valence-corrected chi connectivity index (χ2v) is 6.02. The van der Waals surface area contributed by atoms with Crippen LogP contribution in [0.15, 0.2) is 54.6 Å². The summed E-state index contributed by atoms with van der Waals surface area (Å²) in [5.74, 6) is 0.850.